The van der Waals surface area contributed by atoms with Gasteiger partial charge < -0.3 is 9.84 Å². The monoisotopic (exact) mass is 261 g/mol. The number of carboxylic acids is 1. The second-order valence-corrected chi connectivity index (χ2v) is 4.96. The molecule has 1 heterocycles. The molecule has 1 saturated carbocycles. The molecule has 2 rings (SSSR count). The van der Waals surface area contributed by atoms with Gasteiger partial charge in [-0.15, -0.1) is 0 Å². The van der Waals surface area contributed by atoms with Crippen LogP contribution in [0.2, 0.25) is 0 Å². The van der Waals surface area contributed by atoms with Crippen LogP contribution in [0.15, 0.2) is 29.5 Å². The minimum atomic E-state index is -0.802. The lowest BCUT2D eigenvalue weighted by atomic mass is 9.80. The van der Waals surface area contributed by atoms with Crippen LogP contribution in [-0.2, 0) is 4.79 Å². The van der Waals surface area contributed by atoms with E-state index in [4.69, 9.17) is 9.84 Å². The van der Waals surface area contributed by atoms with Crippen LogP contribution >= 0.6 is 0 Å². The summed E-state index contributed by atoms with van der Waals surface area (Å²) in [4.78, 5) is 15.3. The zero-order chi connectivity index (χ0) is 13.8. The van der Waals surface area contributed by atoms with Gasteiger partial charge in [-0.05, 0) is 44.1 Å². The van der Waals surface area contributed by atoms with E-state index in [1.807, 2.05) is 18.3 Å². The molecule has 0 spiro atoms. The summed E-state index contributed by atoms with van der Waals surface area (Å²) >= 11 is 0. The Morgan fingerprint density at radius 3 is 2.84 bits per heavy atom. The third-order valence-electron chi connectivity index (χ3n) is 3.81. The van der Waals surface area contributed by atoms with Crippen molar-refractivity contribution in [3.05, 3.63) is 35.0 Å². The Labute approximate surface area is 113 Å². The van der Waals surface area contributed by atoms with Crippen LogP contribution in [0.3, 0.4) is 0 Å². The predicted octanol–water partition coefficient (Wildman–Crippen LogP) is 3.15. The molecule has 102 valence electrons. The maximum atomic E-state index is 11.0. The first-order chi connectivity index (χ1) is 9.11. The molecule has 1 N–H and O–H groups in total. The van der Waals surface area contributed by atoms with E-state index < -0.39 is 5.97 Å². The molecule has 0 amide bonds. The standard InChI is InChI=1S/C15H19NO3/c1-10(15(17)18)11-4-3-5-12(8-11)13-6-7-14(19-2)16-9-13/h6-7,9,12H,3-5,8H2,1-2H3,(H,17,18)/b11-10+/t12-/m1/s1. The molecular formula is C15H19NO3. The highest BCUT2D eigenvalue weighted by Crippen LogP contribution is 2.37. The lowest BCUT2D eigenvalue weighted by Gasteiger charge is -2.25. The number of nitrogens with zero attached hydrogens (tertiary/aromatic N) is 1. The maximum Gasteiger partial charge on any atom is 0.331 e. The second-order valence-electron chi connectivity index (χ2n) is 4.96. The third-order valence-corrected chi connectivity index (χ3v) is 3.81. The number of pyridine rings is 1. The predicted molar refractivity (Wildman–Crippen MR) is 72.3 cm³/mol. The van der Waals surface area contributed by atoms with Crippen LogP contribution in [0.4, 0.5) is 0 Å². The van der Waals surface area contributed by atoms with Crippen molar-refractivity contribution < 1.29 is 14.6 Å². The van der Waals surface area contributed by atoms with Gasteiger partial charge in [-0.3, -0.25) is 0 Å². The highest BCUT2D eigenvalue weighted by molar-refractivity contribution is 5.86. The van der Waals surface area contributed by atoms with E-state index in [1.54, 1.807) is 14.0 Å². The van der Waals surface area contributed by atoms with Gasteiger partial charge in [0, 0.05) is 17.8 Å². The number of methoxy groups -OCH3 is 1. The fraction of sp³-hybridized carbons (Fsp3) is 0.467. The second kappa shape index (κ2) is 5.87. The zero-order valence-corrected chi connectivity index (χ0v) is 11.3. The summed E-state index contributed by atoms with van der Waals surface area (Å²) in [5.41, 5.74) is 2.74. The van der Waals surface area contributed by atoms with Crippen molar-refractivity contribution in [2.24, 2.45) is 0 Å². The number of hydrogen-bond acceptors (Lipinski definition) is 3. The molecule has 19 heavy (non-hydrogen) atoms. The molecule has 0 aromatic carbocycles. The number of carboxylic acid groups (broad SMARTS) is 1. The number of carbonyl (C=O) groups is 1. The van der Waals surface area contributed by atoms with Gasteiger partial charge in [0.05, 0.1) is 7.11 Å². The van der Waals surface area contributed by atoms with Gasteiger partial charge >= 0.3 is 5.97 Å². The highest BCUT2D eigenvalue weighted by Gasteiger charge is 2.22. The Kier molecular flexibility index (Phi) is 4.20. The Hall–Kier alpha value is -1.84. The quantitative estimate of drug-likeness (QED) is 0.849. The smallest absolute Gasteiger partial charge is 0.331 e. The van der Waals surface area contributed by atoms with Crippen molar-refractivity contribution in [2.75, 3.05) is 7.11 Å². The number of allylic oxidation sites excluding steroid dienone is 1. The van der Waals surface area contributed by atoms with E-state index >= 15 is 0 Å². The minimum Gasteiger partial charge on any atom is -0.481 e. The Morgan fingerprint density at radius 1 is 1.47 bits per heavy atom. The largest absolute Gasteiger partial charge is 0.481 e. The van der Waals surface area contributed by atoms with Gasteiger partial charge in [0.2, 0.25) is 5.88 Å². The highest BCUT2D eigenvalue weighted by atomic mass is 16.5. The van der Waals surface area contributed by atoms with E-state index in [-0.39, 0.29) is 0 Å². The molecule has 1 aromatic rings. The van der Waals surface area contributed by atoms with E-state index in [0.717, 1.165) is 36.8 Å². The van der Waals surface area contributed by atoms with E-state index in [1.165, 1.54) is 0 Å². The van der Waals surface area contributed by atoms with Crippen LogP contribution < -0.4 is 4.74 Å². The molecule has 4 heteroatoms. The molecule has 1 aliphatic carbocycles. The van der Waals surface area contributed by atoms with Crippen molar-refractivity contribution in [2.45, 2.75) is 38.5 Å². The normalized spacial score (nSPS) is 21.9. The van der Waals surface area contributed by atoms with Crippen molar-refractivity contribution in [3.8, 4) is 5.88 Å². The molecular weight excluding hydrogens is 242 g/mol. The zero-order valence-electron chi connectivity index (χ0n) is 11.3. The van der Waals surface area contributed by atoms with Crippen LogP contribution in [-0.4, -0.2) is 23.2 Å². The van der Waals surface area contributed by atoms with Crippen LogP contribution in [0.1, 0.15) is 44.1 Å². The van der Waals surface area contributed by atoms with Gasteiger partial charge in [-0.25, -0.2) is 9.78 Å². The fourth-order valence-electron chi connectivity index (χ4n) is 2.59. The molecule has 4 nitrogen and oxygen atoms in total. The first kappa shape index (κ1) is 13.6. The van der Waals surface area contributed by atoms with Gasteiger partial charge in [0.1, 0.15) is 0 Å². The Morgan fingerprint density at radius 2 is 2.26 bits per heavy atom. The van der Waals surface area contributed by atoms with Gasteiger partial charge in [0.15, 0.2) is 0 Å². The molecule has 0 bridgehead atoms. The summed E-state index contributed by atoms with van der Waals surface area (Å²) in [5.74, 6) is 0.178. The summed E-state index contributed by atoms with van der Waals surface area (Å²) in [6.07, 6.45) is 5.69. The molecule has 1 fully saturated rings. The van der Waals surface area contributed by atoms with Crippen molar-refractivity contribution in [1.29, 1.82) is 0 Å². The summed E-state index contributed by atoms with van der Waals surface area (Å²) < 4.78 is 5.05. The number of rotatable bonds is 3. The molecule has 1 aromatic heterocycles. The van der Waals surface area contributed by atoms with E-state index in [9.17, 15) is 4.79 Å². The Bertz CT molecular complexity index is 491. The van der Waals surface area contributed by atoms with E-state index in [2.05, 4.69) is 4.98 Å². The van der Waals surface area contributed by atoms with Gasteiger partial charge in [0.25, 0.3) is 0 Å². The third kappa shape index (κ3) is 3.13. The fourth-order valence-corrected chi connectivity index (χ4v) is 2.59. The van der Waals surface area contributed by atoms with Crippen molar-refractivity contribution in [3.63, 3.8) is 0 Å². The van der Waals surface area contributed by atoms with Gasteiger partial charge in [-0.2, -0.15) is 0 Å². The molecule has 0 aliphatic heterocycles. The number of ether oxygens (including phenoxy) is 1. The molecule has 1 atom stereocenters. The average molecular weight is 261 g/mol. The molecule has 0 radical (unpaired) electrons. The minimum absolute atomic E-state index is 0.372. The van der Waals surface area contributed by atoms with Crippen LogP contribution in [0, 0.1) is 0 Å². The first-order valence-corrected chi connectivity index (χ1v) is 6.53. The molecule has 0 saturated heterocycles. The lowest BCUT2D eigenvalue weighted by Crippen LogP contribution is -2.11. The van der Waals surface area contributed by atoms with Crippen LogP contribution in [0.25, 0.3) is 0 Å². The van der Waals surface area contributed by atoms with Crippen molar-refractivity contribution in [1.82, 2.24) is 4.98 Å². The maximum absolute atomic E-state index is 11.0. The van der Waals surface area contributed by atoms with Crippen molar-refractivity contribution >= 4 is 5.97 Å². The Balaban J connectivity index is 2.16. The lowest BCUT2D eigenvalue weighted by molar-refractivity contribution is -0.132. The molecule has 0 unspecified atom stereocenters. The number of aromatic nitrogens is 1. The van der Waals surface area contributed by atoms with E-state index in [0.29, 0.717) is 17.4 Å². The van der Waals surface area contributed by atoms with Crippen LogP contribution in [0.5, 0.6) is 5.88 Å². The SMILES string of the molecule is COc1ccc([C@@H]2CCC/C(=C(/C)C(=O)O)C2)cn1. The topological polar surface area (TPSA) is 59.4 Å². The molecule has 1 aliphatic rings. The summed E-state index contributed by atoms with van der Waals surface area (Å²) in [7, 11) is 1.60. The van der Waals surface area contributed by atoms with Gasteiger partial charge in [-0.1, -0.05) is 11.6 Å². The number of aliphatic carboxylic acids is 1. The number of hydrogen-bond donors (Lipinski definition) is 1. The first-order valence-electron chi connectivity index (χ1n) is 6.53. The summed E-state index contributed by atoms with van der Waals surface area (Å²) in [6.45, 7) is 1.70. The summed E-state index contributed by atoms with van der Waals surface area (Å²) in [6, 6.07) is 3.88. The average Bonchev–Trinajstić information content (AvgIpc) is 2.46. The summed E-state index contributed by atoms with van der Waals surface area (Å²) in [5, 5.41) is 9.07.